The second-order valence-electron chi connectivity index (χ2n) is 6.19. The van der Waals surface area contributed by atoms with Gasteiger partial charge in [-0.3, -0.25) is 0 Å². The quantitative estimate of drug-likeness (QED) is 0.582. The highest BCUT2D eigenvalue weighted by molar-refractivity contribution is 9.10. The Morgan fingerprint density at radius 3 is 2.62 bits per heavy atom. The molecule has 1 heterocycles. The van der Waals surface area contributed by atoms with E-state index >= 15 is 0 Å². The number of methoxy groups -OCH3 is 1. The van der Waals surface area contributed by atoms with Gasteiger partial charge < -0.3 is 14.2 Å². The summed E-state index contributed by atoms with van der Waals surface area (Å²) in [6.45, 7) is 0.884. The lowest BCUT2D eigenvalue weighted by atomic mass is 10.2. The van der Waals surface area contributed by atoms with E-state index in [1.54, 1.807) is 0 Å². The van der Waals surface area contributed by atoms with Gasteiger partial charge in [-0.2, -0.15) is 4.31 Å². The maximum Gasteiger partial charge on any atom is 0.338 e. The fraction of sp³-hybridized carbons (Fsp3) is 0.316. The van der Waals surface area contributed by atoms with Crippen molar-refractivity contribution in [3.05, 3.63) is 57.8 Å². The Morgan fingerprint density at radius 1 is 1.21 bits per heavy atom. The van der Waals surface area contributed by atoms with Crippen LogP contribution in [0, 0.1) is 5.82 Å². The average molecular weight is 488 g/mol. The number of benzene rings is 2. The summed E-state index contributed by atoms with van der Waals surface area (Å²) < 4.78 is 56.5. The van der Waals surface area contributed by atoms with Crippen molar-refractivity contribution < 1.29 is 31.8 Å². The molecule has 7 nitrogen and oxygen atoms in total. The lowest BCUT2D eigenvalue weighted by Gasteiger charge is -2.26. The summed E-state index contributed by atoms with van der Waals surface area (Å²) in [5.74, 6) is -0.841. The molecular formula is C19H19BrFNO6S. The lowest BCUT2D eigenvalue weighted by Crippen LogP contribution is -2.40. The van der Waals surface area contributed by atoms with Gasteiger partial charge in [0.15, 0.2) is 0 Å². The molecule has 29 heavy (non-hydrogen) atoms. The number of esters is 1. The number of halogens is 2. The van der Waals surface area contributed by atoms with Crippen LogP contribution in [0.1, 0.15) is 15.9 Å². The van der Waals surface area contributed by atoms with Gasteiger partial charge in [-0.05, 0) is 52.3 Å². The van der Waals surface area contributed by atoms with Gasteiger partial charge in [0.2, 0.25) is 10.0 Å². The minimum absolute atomic E-state index is 0.0304. The summed E-state index contributed by atoms with van der Waals surface area (Å²) >= 11 is 3.24. The number of morpholine rings is 1. The van der Waals surface area contributed by atoms with E-state index in [0.717, 1.165) is 0 Å². The van der Waals surface area contributed by atoms with Crippen molar-refractivity contribution in [1.82, 2.24) is 4.31 Å². The van der Waals surface area contributed by atoms with Gasteiger partial charge in [-0.1, -0.05) is 0 Å². The van der Waals surface area contributed by atoms with Crippen LogP contribution < -0.4 is 4.74 Å². The minimum Gasteiger partial charge on any atom is -0.496 e. The lowest BCUT2D eigenvalue weighted by molar-refractivity contribution is 0.0469. The maximum atomic E-state index is 13.5. The van der Waals surface area contributed by atoms with Crippen LogP contribution in [0.25, 0.3) is 0 Å². The highest BCUT2D eigenvalue weighted by atomic mass is 79.9. The topological polar surface area (TPSA) is 82.1 Å². The molecule has 1 fully saturated rings. The Balaban J connectivity index is 1.80. The van der Waals surface area contributed by atoms with E-state index in [1.165, 1.54) is 47.8 Å². The van der Waals surface area contributed by atoms with Crippen molar-refractivity contribution in [2.24, 2.45) is 0 Å². The molecule has 2 aromatic rings. The van der Waals surface area contributed by atoms with Gasteiger partial charge in [-0.15, -0.1) is 0 Å². The third-order valence-corrected chi connectivity index (χ3v) is 7.25. The Kier molecular flexibility index (Phi) is 6.89. The normalized spacial score (nSPS) is 15.1. The van der Waals surface area contributed by atoms with Crippen LogP contribution in [-0.4, -0.2) is 52.1 Å². The maximum absolute atomic E-state index is 13.5. The molecule has 0 saturated carbocycles. The molecule has 2 aromatic carbocycles. The summed E-state index contributed by atoms with van der Waals surface area (Å²) in [7, 11) is -2.38. The van der Waals surface area contributed by atoms with Crippen molar-refractivity contribution in [1.29, 1.82) is 0 Å². The first-order chi connectivity index (χ1) is 13.8. The molecule has 3 rings (SSSR count). The molecular weight excluding hydrogens is 469 g/mol. The van der Waals surface area contributed by atoms with E-state index in [0.29, 0.717) is 29.0 Å². The Morgan fingerprint density at radius 2 is 1.93 bits per heavy atom. The first-order valence-electron chi connectivity index (χ1n) is 8.70. The third-order valence-electron chi connectivity index (χ3n) is 4.36. The van der Waals surface area contributed by atoms with Crippen molar-refractivity contribution in [2.75, 3.05) is 33.4 Å². The van der Waals surface area contributed by atoms with Crippen molar-refractivity contribution >= 4 is 31.9 Å². The summed E-state index contributed by atoms with van der Waals surface area (Å²) in [6.07, 6.45) is 0. The first kappa shape index (κ1) is 21.7. The summed E-state index contributed by atoms with van der Waals surface area (Å²) in [5, 5.41) is 0. The SMILES string of the molecule is COc1ccc(F)cc1COC(=O)c1ccc(Br)c(S(=O)(=O)N2CCOCC2)c1. The number of ether oxygens (including phenoxy) is 3. The monoisotopic (exact) mass is 487 g/mol. The van der Waals surface area contributed by atoms with Crippen LogP contribution in [0.2, 0.25) is 0 Å². The number of hydrogen-bond acceptors (Lipinski definition) is 6. The fourth-order valence-corrected chi connectivity index (χ4v) is 5.20. The predicted octanol–water partition coefficient (Wildman–Crippen LogP) is 2.97. The van der Waals surface area contributed by atoms with E-state index in [9.17, 15) is 17.6 Å². The van der Waals surface area contributed by atoms with E-state index in [2.05, 4.69) is 15.9 Å². The van der Waals surface area contributed by atoms with Gasteiger partial charge in [0, 0.05) is 23.1 Å². The van der Waals surface area contributed by atoms with Gasteiger partial charge in [0.05, 0.1) is 30.8 Å². The molecule has 156 valence electrons. The molecule has 0 aromatic heterocycles. The number of hydrogen-bond donors (Lipinski definition) is 0. The fourth-order valence-electron chi connectivity index (χ4n) is 2.84. The number of carbonyl (C=O) groups excluding carboxylic acids is 1. The first-order valence-corrected chi connectivity index (χ1v) is 10.9. The second-order valence-corrected chi connectivity index (χ2v) is 8.95. The highest BCUT2D eigenvalue weighted by Crippen LogP contribution is 2.27. The Labute approximate surface area is 176 Å². The zero-order chi connectivity index (χ0) is 21.0. The van der Waals surface area contributed by atoms with Crippen LogP contribution in [0.4, 0.5) is 4.39 Å². The molecule has 0 radical (unpaired) electrons. The molecule has 0 unspecified atom stereocenters. The van der Waals surface area contributed by atoms with E-state index in [-0.39, 0.29) is 30.2 Å². The average Bonchev–Trinajstić information content (AvgIpc) is 2.73. The number of sulfonamides is 1. The summed E-state index contributed by atoms with van der Waals surface area (Å²) in [5.41, 5.74) is 0.425. The molecule has 0 atom stereocenters. The molecule has 1 saturated heterocycles. The molecule has 1 aliphatic rings. The third kappa shape index (κ3) is 4.95. The Bertz CT molecular complexity index is 1010. The largest absolute Gasteiger partial charge is 0.496 e. The second kappa shape index (κ2) is 9.21. The van der Waals surface area contributed by atoms with Gasteiger partial charge in [0.1, 0.15) is 18.2 Å². The zero-order valence-electron chi connectivity index (χ0n) is 15.6. The predicted molar refractivity (Wildman–Crippen MR) is 106 cm³/mol. The van der Waals surface area contributed by atoms with Crippen LogP contribution >= 0.6 is 15.9 Å². The van der Waals surface area contributed by atoms with Gasteiger partial charge in [0.25, 0.3) is 0 Å². The Hall–Kier alpha value is -2.01. The zero-order valence-corrected chi connectivity index (χ0v) is 18.0. The summed E-state index contributed by atoms with van der Waals surface area (Å²) in [6, 6.07) is 8.08. The van der Waals surface area contributed by atoms with Gasteiger partial charge >= 0.3 is 5.97 Å². The van der Waals surface area contributed by atoms with Crippen molar-refractivity contribution in [2.45, 2.75) is 11.5 Å². The molecule has 0 spiro atoms. The van der Waals surface area contributed by atoms with E-state index in [4.69, 9.17) is 14.2 Å². The van der Waals surface area contributed by atoms with E-state index < -0.39 is 21.8 Å². The minimum atomic E-state index is -3.80. The smallest absolute Gasteiger partial charge is 0.338 e. The van der Waals surface area contributed by atoms with Gasteiger partial charge in [-0.25, -0.2) is 17.6 Å². The number of carbonyl (C=O) groups is 1. The molecule has 10 heteroatoms. The molecule has 0 amide bonds. The van der Waals surface area contributed by atoms with Crippen LogP contribution in [-0.2, 0) is 26.1 Å². The standard InChI is InChI=1S/C19H19BrFNO6S/c1-26-17-5-3-15(21)10-14(17)12-28-19(23)13-2-4-16(20)18(11-13)29(24,25)22-6-8-27-9-7-22/h2-5,10-11H,6-9,12H2,1H3. The number of nitrogens with zero attached hydrogens (tertiary/aromatic N) is 1. The molecule has 0 aliphatic carbocycles. The van der Waals surface area contributed by atoms with Crippen LogP contribution in [0.15, 0.2) is 45.8 Å². The molecule has 0 bridgehead atoms. The van der Waals surface area contributed by atoms with Crippen molar-refractivity contribution in [3.8, 4) is 5.75 Å². The molecule has 0 N–H and O–H groups in total. The van der Waals surface area contributed by atoms with Crippen LogP contribution in [0.5, 0.6) is 5.75 Å². The summed E-state index contributed by atoms with van der Waals surface area (Å²) in [4.78, 5) is 12.4. The highest BCUT2D eigenvalue weighted by Gasteiger charge is 2.29. The van der Waals surface area contributed by atoms with Crippen molar-refractivity contribution in [3.63, 3.8) is 0 Å². The van der Waals surface area contributed by atoms with E-state index in [1.807, 2.05) is 0 Å². The number of rotatable bonds is 6. The van der Waals surface area contributed by atoms with Crippen LogP contribution in [0.3, 0.4) is 0 Å². The molecule has 1 aliphatic heterocycles.